The van der Waals surface area contributed by atoms with Crippen molar-refractivity contribution in [3.63, 3.8) is 0 Å². The van der Waals surface area contributed by atoms with E-state index in [1.54, 1.807) is 0 Å². The van der Waals surface area contributed by atoms with Crippen LogP contribution < -0.4 is 10.6 Å². The Morgan fingerprint density at radius 1 is 1.23 bits per heavy atom. The van der Waals surface area contributed by atoms with Crippen LogP contribution in [0.25, 0.3) is 0 Å². The van der Waals surface area contributed by atoms with Crippen molar-refractivity contribution >= 4 is 12.4 Å². The van der Waals surface area contributed by atoms with E-state index in [1.807, 2.05) is 0 Å². The molecule has 2 saturated heterocycles. The molecule has 1 unspecified atom stereocenters. The van der Waals surface area contributed by atoms with Gasteiger partial charge in [-0.25, -0.2) is 0 Å². The highest BCUT2D eigenvalue weighted by molar-refractivity contribution is 5.85. The minimum Gasteiger partial charge on any atom is -0.359 e. The molecule has 2 N–H and O–H groups in total. The van der Waals surface area contributed by atoms with E-state index in [1.165, 1.54) is 12.8 Å². The summed E-state index contributed by atoms with van der Waals surface area (Å²) in [5.41, 5.74) is -0.0257. The van der Waals surface area contributed by atoms with E-state index >= 15 is 0 Å². The Hall–Kier alpha value is 0.170. The molecule has 78 valence electrons. The van der Waals surface area contributed by atoms with Gasteiger partial charge in [-0.15, -0.1) is 12.4 Å². The summed E-state index contributed by atoms with van der Waals surface area (Å²) in [6.45, 7) is 6.37. The topological polar surface area (TPSA) is 33.3 Å². The third-order valence-corrected chi connectivity index (χ3v) is 3.10. The first-order valence-corrected chi connectivity index (χ1v) is 4.91. The monoisotopic (exact) mass is 206 g/mol. The highest BCUT2D eigenvalue weighted by atomic mass is 35.5. The fraction of sp³-hybridized carbons (Fsp3) is 1.00. The van der Waals surface area contributed by atoms with E-state index in [-0.39, 0.29) is 18.1 Å². The number of piperidine rings is 1. The third-order valence-electron chi connectivity index (χ3n) is 3.10. The van der Waals surface area contributed by atoms with E-state index in [9.17, 15) is 0 Å². The van der Waals surface area contributed by atoms with Gasteiger partial charge in [-0.2, -0.15) is 0 Å². The molecule has 0 spiro atoms. The lowest BCUT2D eigenvalue weighted by Crippen LogP contribution is -2.49. The minimum absolute atomic E-state index is 0. The normalized spacial score (nSPS) is 35.8. The quantitative estimate of drug-likeness (QED) is 0.664. The Bertz CT molecular complexity index is 154. The van der Waals surface area contributed by atoms with Gasteiger partial charge < -0.3 is 10.1 Å². The molecule has 2 aliphatic rings. The molecular formula is C9H19ClN2O. The number of rotatable bonds is 1. The minimum atomic E-state index is -0.0257. The molecule has 0 aromatic rings. The molecule has 13 heavy (non-hydrogen) atoms. The van der Waals surface area contributed by atoms with Crippen LogP contribution in [0.3, 0.4) is 0 Å². The highest BCUT2D eigenvalue weighted by Gasteiger charge is 2.38. The molecule has 2 fully saturated rings. The summed E-state index contributed by atoms with van der Waals surface area (Å²) in [6, 6.07) is 0. The molecule has 0 bridgehead atoms. The Balaban J connectivity index is 0.000000845. The Morgan fingerprint density at radius 2 is 1.92 bits per heavy atom. The molecular weight excluding hydrogens is 188 g/mol. The van der Waals surface area contributed by atoms with E-state index < -0.39 is 0 Å². The average Bonchev–Trinajstić information content (AvgIpc) is 2.55. The molecule has 0 radical (unpaired) electrons. The molecule has 0 saturated carbocycles. The van der Waals surface area contributed by atoms with Crippen molar-refractivity contribution in [2.75, 3.05) is 26.2 Å². The maximum Gasteiger partial charge on any atom is 0.119 e. The van der Waals surface area contributed by atoms with Crippen molar-refractivity contribution in [1.29, 1.82) is 0 Å². The second kappa shape index (κ2) is 4.60. The van der Waals surface area contributed by atoms with Crippen LogP contribution in [-0.2, 0) is 4.74 Å². The van der Waals surface area contributed by atoms with Gasteiger partial charge >= 0.3 is 0 Å². The van der Waals surface area contributed by atoms with Crippen LogP contribution in [-0.4, -0.2) is 32.0 Å². The van der Waals surface area contributed by atoms with Crippen LogP contribution in [0, 0.1) is 5.92 Å². The largest absolute Gasteiger partial charge is 0.359 e. The predicted octanol–water partition coefficient (Wildman–Crippen LogP) is 0.744. The van der Waals surface area contributed by atoms with Crippen LogP contribution in [0.15, 0.2) is 0 Å². The molecule has 0 amide bonds. The number of hydrogen-bond donors (Lipinski definition) is 2. The van der Waals surface area contributed by atoms with Gasteiger partial charge in [0, 0.05) is 12.5 Å². The average molecular weight is 207 g/mol. The SMILES string of the molecule is CC1(C2CCNCC2)NCCO1.Cl. The van der Waals surface area contributed by atoms with Gasteiger partial charge in [0.05, 0.1) is 6.61 Å². The van der Waals surface area contributed by atoms with Crippen LogP contribution in [0.1, 0.15) is 19.8 Å². The van der Waals surface area contributed by atoms with Gasteiger partial charge in [-0.05, 0) is 32.9 Å². The predicted molar refractivity (Wildman–Crippen MR) is 55.2 cm³/mol. The van der Waals surface area contributed by atoms with Gasteiger partial charge in [-0.1, -0.05) is 0 Å². The summed E-state index contributed by atoms with van der Waals surface area (Å²) in [6.07, 6.45) is 2.48. The van der Waals surface area contributed by atoms with Crippen LogP contribution in [0.4, 0.5) is 0 Å². The molecule has 0 aromatic carbocycles. The summed E-state index contributed by atoms with van der Waals surface area (Å²) in [5.74, 6) is 0.696. The van der Waals surface area contributed by atoms with Crippen molar-refractivity contribution in [3.05, 3.63) is 0 Å². The Morgan fingerprint density at radius 3 is 2.46 bits per heavy atom. The van der Waals surface area contributed by atoms with Crippen LogP contribution >= 0.6 is 12.4 Å². The Kier molecular flexibility index (Phi) is 3.98. The molecule has 2 rings (SSSR count). The van der Waals surface area contributed by atoms with Gasteiger partial charge in [0.25, 0.3) is 0 Å². The van der Waals surface area contributed by atoms with Crippen molar-refractivity contribution < 1.29 is 4.74 Å². The molecule has 4 heteroatoms. The lowest BCUT2D eigenvalue weighted by molar-refractivity contribution is -0.0523. The third kappa shape index (κ3) is 2.34. The summed E-state index contributed by atoms with van der Waals surface area (Å²) in [7, 11) is 0. The molecule has 0 aromatic heterocycles. The standard InChI is InChI=1S/C9H18N2O.ClH/c1-9(11-6-7-12-9)8-2-4-10-5-3-8;/h8,10-11H,2-7H2,1H3;1H. The maximum atomic E-state index is 5.74. The number of hydrogen-bond acceptors (Lipinski definition) is 3. The van der Waals surface area contributed by atoms with E-state index in [0.29, 0.717) is 5.92 Å². The molecule has 0 aliphatic carbocycles. The first-order valence-electron chi connectivity index (χ1n) is 4.91. The highest BCUT2D eigenvalue weighted by Crippen LogP contribution is 2.28. The van der Waals surface area contributed by atoms with Crippen molar-refractivity contribution in [3.8, 4) is 0 Å². The summed E-state index contributed by atoms with van der Waals surface area (Å²) in [4.78, 5) is 0. The fourth-order valence-electron chi connectivity index (χ4n) is 2.25. The van der Waals surface area contributed by atoms with Gasteiger partial charge in [0.1, 0.15) is 5.72 Å². The zero-order chi connectivity index (χ0) is 8.44. The van der Waals surface area contributed by atoms with Gasteiger partial charge in [-0.3, -0.25) is 5.32 Å². The molecule has 1 atom stereocenters. The number of halogens is 1. The van der Waals surface area contributed by atoms with Crippen LogP contribution in [0.2, 0.25) is 0 Å². The molecule has 2 heterocycles. The van der Waals surface area contributed by atoms with Gasteiger partial charge in [0.15, 0.2) is 0 Å². The zero-order valence-corrected chi connectivity index (χ0v) is 8.95. The lowest BCUT2D eigenvalue weighted by atomic mass is 9.88. The van der Waals surface area contributed by atoms with Crippen molar-refractivity contribution in [1.82, 2.24) is 10.6 Å². The van der Waals surface area contributed by atoms with E-state index in [4.69, 9.17) is 4.74 Å². The first-order chi connectivity index (χ1) is 5.81. The maximum absolute atomic E-state index is 5.74. The second-order valence-electron chi connectivity index (χ2n) is 3.91. The van der Waals surface area contributed by atoms with Crippen LogP contribution in [0.5, 0.6) is 0 Å². The number of nitrogens with one attached hydrogen (secondary N) is 2. The summed E-state index contributed by atoms with van der Waals surface area (Å²) >= 11 is 0. The smallest absolute Gasteiger partial charge is 0.119 e. The fourth-order valence-corrected chi connectivity index (χ4v) is 2.25. The van der Waals surface area contributed by atoms with Crippen molar-refractivity contribution in [2.24, 2.45) is 5.92 Å². The second-order valence-corrected chi connectivity index (χ2v) is 3.91. The Labute approximate surface area is 86.0 Å². The first kappa shape index (κ1) is 11.2. The molecule has 2 aliphatic heterocycles. The summed E-state index contributed by atoms with van der Waals surface area (Å²) in [5, 5.41) is 6.82. The lowest BCUT2D eigenvalue weighted by Gasteiger charge is -2.36. The van der Waals surface area contributed by atoms with Crippen molar-refractivity contribution in [2.45, 2.75) is 25.5 Å². The van der Waals surface area contributed by atoms with E-state index in [0.717, 1.165) is 26.2 Å². The number of ether oxygens (including phenoxy) is 1. The zero-order valence-electron chi connectivity index (χ0n) is 8.14. The van der Waals surface area contributed by atoms with Gasteiger partial charge in [0.2, 0.25) is 0 Å². The molecule has 3 nitrogen and oxygen atoms in total. The van der Waals surface area contributed by atoms with E-state index in [2.05, 4.69) is 17.6 Å². The summed E-state index contributed by atoms with van der Waals surface area (Å²) < 4.78 is 5.74.